The van der Waals surface area contributed by atoms with E-state index in [4.69, 9.17) is 4.74 Å². The van der Waals surface area contributed by atoms with E-state index >= 15 is 0 Å². The zero-order chi connectivity index (χ0) is 17.1. The van der Waals surface area contributed by atoms with E-state index in [0.717, 1.165) is 56.1 Å². The van der Waals surface area contributed by atoms with Crippen molar-refractivity contribution in [3.05, 3.63) is 23.5 Å². The zero-order valence-electron chi connectivity index (χ0n) is 15.0. The third-order valence-corrected chi connectivity index (χ3v) is 4.77. The summed E-state index contributed by atoms with van der Waals surface area (Å²) in [7, 11) is 4.06. The van der Waals surface area contributed by atoms with Gasteiger partial charge < -0.3 is 14.5 Å². The Morgan fingerprint density at radius 1 is 1.29 bits per heavy atom. The van der Waals surface area contributed by atoms with E-state index in [1.807, 2.05) is 25.9 Å². The van der Waals surface area contributed by atoms with E-state index in [0.29, 0.717) is 13.2 Å². The molecule has 0 bridgehead atoms. The minimum absolute atomic E-state index is 0.0660. The predicted octanol–water partition coefficient (Wildman–Crippen LogP) is 1.45. The number of likely N-dealkylation sites (tertiary alicyclic amines) is 1. The van der Waals surface area contributed by atoms with Crippen LogP contribution < -0.4 is 4.90 Å². The fraction of sp³-hybridized carbons (Fsp3) is 0.667. The highest BCUT2D eigenvalue weighted by molar-refractivity contribution is 5.78. The van der Waals surface area contributed by atoms with Gasteiger partial charge in [0.05, 0.1) is 18.8 Å². The van der Waals surface area contributed by atoms with Crippen LogP contribution in [0.5, 0.6) is 0 Å². The summed E-state index contributed by atoms with van der Waals surface area (Å²) in [5.74, 6) is 0.249. The number of hydrogen-bond acceptors (Lipinski definition) is 5. The van der Waals surface area contributed by atoms with E-state index in [-0.39, 0.29) is 12.0 Å². The predicted molar refractivity (Wildman–Crippen MR) is 94.2 cm³/mol. The lowest BCUT2D eigenvalue weighted by molar-refractivity contribution is -0.133. The molecular formula is C18H28N4O2. The third kappa shape index (κ3) is 4.05. The smallest absolute Gasteiger partial charge is 0.236 e. The second-order valence-corrected chi connectivity index (χ2v) is 6.97. The molecule has 0 unspecified atom stereocenters. The molecule has 0 aliphatic carbocycles. The summed E-state index contributed by atoms with van der Waals surface area (Å²) in [6, 6.07) is 4.16. The maximum Gasteiger partial charge on any atom is 0.236 e. The van der Waals surface area contributed by atoms with Crippen LogP contribution in [0.1, 0.15) is 30.3 Å². The normalized spacial score (nSPS) is 22.0. The van der Waals surface area contributed by atoms with Gasteiger partial charge in [-0.15, -0.1) is 0 Å². The Bertz CT molecular complexity index is 584. The molecule has 1 amide bonds. The maximum atomic E-state index is 12.4. The van der Waals surface area contributed by atoms with Gasteiger partial charge in [0.2, 0.25) is 5.91 Å². The number of pyridine rings is 1. The van der Waals surface area contributed by atoms with Gasteiger partial charge >= 0.3 is 0 Å². The van der Waals surface area contributed by atoms with E-state index in [1.165, 1.54) is 0 Å². The van der Waals surface area contributed by atoms with Crippen molar-refractivity contribution in [2.24, 2.45) is 0 Å². The van der Waals surface area contributed by atoms with Crippen molar-refractivity contribution in [1.29, 1.82) is 0 Å². The minimum atomic E-state index is -0.0660. The zero-order valence-corrected chi connectivity index (χ0v) is 15.0. The lowest BCUT2D eigenvalue weighted by atomic mass is 10.1. The van der Waals surface area contributed by atoms with Gasteiger partial charge in [-0.2, -0.15) is 0 Å². The molecule has 3 heterocycles. The van der Waals surface area contributed by atoms with Crippen LogP contribution in [-0.4, -0.2) is 74.1 Å². The quantitative estimate of drug-likeness (QED) is 0.835. The van der Waals surface area contributed by atoms with Crippen LogP contribution in [0.25, 0.3) is 0 Å². The first-order valence-electron chi connectivity index (χ1n) is 8.80. The van der Waals surface area contributed by atoms with Crippen molar-refractivity contribution in [1.82, 2.24) is 14.8 Å². The Kier molecular flexibility index (Phi) is 5.36. The van der Waals surface area contributed by atoms with Crippen LogP contribution in [0, 0.1) is 6.92 Å². The third-order valence-electron chi connectivity index (χ3n) is 4.77. The highest BCUT2D eigenvalue weighted by atomic mass is 16.5. The molecule has 0 radical (unpaired) electrons. The number of carbonyl (C=O) groups excluding carboxylic acids is 1. The monoisotopic (exact) mass is 332 g/mol. The van der Waals surface area contributed by atoms with Gasteiger partial charge in [-0.25, -0.2) is 0 Å². The lowest BCUT2D eigenvalue weighted by Crippen LogP contribution is -2.45. The molecule has 1 aromatic rings. The molecular weight excluding hydrogens is 304 g/mol. The van der Waals surface area contributed by atoms with Crippen LogP contribution in [0.4, 0.5) is 5.69 Å². The Balaban J connectivity index is 1.66. The minimum Gasteiger partial charge on any atom is -0.378 e. The standard InChI is InChI=1S/C18H28N4O2/c1-14-10-15(20(2)3)11-16(19-14)17-12-21(8-9-24-17)13-18(23)22-6-4-5-7-22/h10-11,17H,4-9,12-13H2,1-3H3/t17-/m1/s1. The molecule has 1 aromatic heterocycles. The average Bonchev–Trinajstić information content (AvgIpc) is 3.09. The molecule has 0 N–H and O–H groups in total. The van der Waals surface area contributed by atoms with E-state index in [9.17, 15) is 4.79 Å². The molecule has 6 nitrogen and oxygen atoms in total. The van der Waals surface area contributed by atoms with Crippen molar-refractivity contribution in [3.63, 3.8) is 0 Å². The van der Waals surface area contributed by atoms with Crippen molar-refractivity contribution >= 4 is 11.6 Å². The second-order valence-electron chi connectivity index (χ2n) is 6.97. The fourth-order valence-electron chi connectivity index (χ4n) is 3.38. The number of nitrogens with zero attached hydrogens (tertiary/aromatic N) is 4. The van der Waals surface area contributed by atoms with Gasteiger partial charge in [-0.05, 0) is 31.9 Å². The summed E-state index contributed by atoms with van der Waals surface area (Å²) in [5, 5.41) is 0. The fourth-order valence-corrected chi connectivity index (χ4v) is 3.38. The largest absolute Gasteiger partial charge is 0.378 e. The summed E-state index contributed by atoms with van der Waals surface area (Å²) in [5.41, 5.74) is 3.08. The van der Waals surface area contributed by atoms with Gasteiger partial charge in [-0.3, -0.25) is 14.7 Å². The van der Waals surface area contributed by atoms with Crippen LogP contribution in [0.15, 0.2) is 12.1 Å². The van der Waals surface area contributed by atoms with Gasteiger partial charge in [-0.1, -0.05) is 0 Å². The van der Waals surface area contributed by atoms with Crippen molar-refractivity contribution in [2.45, 2.75) is 25.9 Å². The number of carbonyl (C=O) groups is 1. The molecule has 2 fully saturated rings. The first kappa shape index (κ1) is 17.2. The molecule has 0 saturated carbocycles. The molecule has 0 aromatic carbocycles. The number of hydrogen-bond donors (Lipinski definition) is 0. The highest BCUT2D eigenvalue weighted by Crippen LogP contribution is 2.25. The SMILES string of the molecule is Cc1cc(N(C)C)cc([C@H]2CN(CC(=O)N3CCCC3)CCO2)n1. The molecule has 2 saturated heterocycles. The van der Waals surface area contributed by atoms with Gasteiger partial charge in [0.15, 0.2) is 0 Å². The van der Waals surface area contributed by atoms with E-state index in [1.54, 1.807) is 0 Å². The average molecular weight is 332 g/mol. The Labute approximate surface area is 144 Å². The summed E-state index contributed by atoms with van der Waals surface area (Å²) in [6.45, 7) is 6.51. The van der Waals surface area contributed by atoms with E-state index < -0.39 is 0 Å². The van der Waals surface area contributed by atoms with Crippen LogP contribution >= 0.6 is 0 Å². The first-order valence-corrected chi connectivity index (χ1v) is 8.80. The van der Waals surface area contributed by atoms with Crippen LogP contribution in [-0.2, 0) is 9.53 Å². The van der Waals surface area contributed by atoms with Gasteiger partial charge in [0.1, 0.15) is 6.10 Å². The summed E-state index contributed by atoms with van der Waals surface area (Å²) in [4.78, 5) is 23.3. The number of rotatable bonds is 4. The topological polar surface area (TPSA) is 48.9 Å². The Hall–Kier alpha value is -1.66. The van der Waals surface area contributed by atoms with E-state index in [2.05, 4.69) is 26.9 Å². The van der Waals surface area contributed by atoms with Gasteiger partial charge in [0, 0.05) is 51.7 Å². The molecule has 2 aliphatic rings. The molecule has 1 atom stereocenters. The second kappa shape index (κ2) is 7.49. The molecule has 2 aliphatic heterocycles. The maximum absolute atomic E-state index is 12.4. The lowest BCUT2D eigenvalue weighted by Gasteiger charge is -2.33. The number of amides is 1. The first-order chi connectivity index (χ1) is 11.5. The summed E-state index contributed by atoms with van der Waals surface area (Å²) < 4.78 is 5.94. The van der Waals surface area contributed by atoms with Crippen molar-refractivity contribution < 1.29 is 9.53 Å². The highest BCUT2D eigenvalue weighted by Gasteiger charge is 2.27. The summed E-state index contributed by atoms with van der Waals surface area (Å²) in [6.07, 6.45) is 2.21. The number of morpholine rings is 1. The summed E-state index contributed by atoms with van der Waals surface area (Å²) >= 11 is 0. The number of anilines is 1. The van der Waals surface area contributed by atoms with Crippen LogP contribution in [0.3, 0.4) is 0 Å². The molecule has 3 rings (SSSR count). The number of aryl methyl sites for hydroxylation is 1. The Morgan fingerprint density at radius 3 is 2.75 bits per heavy atom. The number of ether oxygens (including phenoxy) is 1. The Morgan fingerprint density at radius 2 is 2.04 bits per heavy atom. The molecule has 0 spiro atoms. The molecule has 132 valence electrons. The molecule has 6 heteroatoms. The molecule has 24 heavy (non-hydrogen) atoms. The van der Waals surface area contributed by atoms with Crippen molar-refractivity contribution in [2.75, 3.05) is 58.3 Å². The van der Waals surface area contributed by atoms with Gasteiger partial charge in [0.25, 0.3) is 0 Å². The van der Waals surface area contributed by atoms with Crippen molar-refractivity contribution in [3.8, 4) is 0 Å². The van der Waals surface area contributed by atoms with Crippen LogP contribution in [0.2, 0.25) is 0 Å². The number of aromatic nitrogens is 1.